The van der Waals surface area contributed by atoms with Crippen LogP contribution in [0.1, 0.15) is 76.4 Å². The molecule has 2 N–H and O–H groups in total. The summed E-state index contributed by atoms with van der Waals surface area (Å²) in [6.45, 7) is 12.0. The van der Waals surface area contributed by atoms with Gasteiger partial charge in [0.25, 0.3) is 0 Å². The van der Waals surface area contributed by atoms with Crippen LogP contribution in [0.15, 0.2) is 91.0 Å². The molecule has 0 heterocycles. The first kappa shape index (κ1) is 26.6. The molecule has 2 unspecified atom stereocenters. The Hall–Kier alpha value is -2.42. The molecule has 3 aromatic rings. The van der Waals surface area contributed by atoms with Gasteiger partial charge in [-0.05, 0) is 16.7 Å². The Kier molecular flexibility index (Phi) is 15.1. The molecule has 0 spiro atoms. The summed E-state index contributed by atoms with van der Waals surface area (Å²) in [5, 5.41) is 21.8. The monoisotopic (exact) mass is 394 g/mol. The largest absolute Gasteiger partial charge is 0.388 e. The van der Waals surface area contributed by atoms with Gasteiger partial charge in [-0.15, -0.1) is 0 Å². The highest BCUT2D eigenvalue weighted by molar-refractivity contribution is 5.31. The van der Waals surface area contributed by atoms with Crippen molar-refractivity contribution in [1.82, 2.24) is 0 Å². The van der Waals surface area contributed by atoms with E-state index in [0.29, 0.717) is 0 Å². The van der Waals surface area contributed by atoms with Gasteiger partial charge in [-0.2, -0.15) is 0 Å². The summed E-state index contributed by atoms with van der Waals surface area (Å²) < 4.78 is 0. The van der Waals surface area contributed by atoms with Crippen LogP contribution in [-0.2, 0) is 0 Å². The Morgan fingerprint density at radius 1 is 0.414 bits per heavy atom. The van der Waals surface area contributed by atoms with Crippen molar-refractivity contribution in [2.45, 2.75) is 59.7 Å². The highest BCUT2D eigenvalue weighted by atomic mass is 16.3. The normalized spacial score (nSPS) is 12.4. The van der Waals surface area contributed by atoms with E-state index in [4.69, 9.17) is 0 Å². The van der Waals surface area contributed by atoms with Gasteiger partial charge in [0, 0.05) is 5.92 Å². The fourth-order valence-electron chi connectivity index (χ4n) is 2.93. The third-order valence-electron chi connectivity index (χ3n) is 4.15. The molecule has 0 bridgehead atoms. The summed E-state index contributed by atoms with van der Waals surface area (Å²) in [4.78, 5) is 0. The summed E-state index contributed by atoms with van der Waals surface area (Å²) in [5.74, 6) is -0.430. The SMILES string of the molecule is CC.CC.CC.OC(c1ccccc1)C(c1ccccc1)C(O)c1ccccc1. The average Bonchev–Trinajstić information content (AvgIpc) is 2.85. The Bertz CT molecular complexity index is 666. The highest BCUT2D eigenvalue weighted by Crippen LogP contribution is 2.40. The van der Waals surface area contributed by atoms with Gasteiger partial charge < -0.3 is 10.2 Å². The van der Waals surface area contributed by atoms with Crippen LogP contribution in [0, 0.1) is 0 Å². The third-order valence-corrected chi connectivity index (χ3v) is 4.15. The molecule has 158 valence electrons. The maximum absolute atomic E-state index is 10.9. The second kappa shape index (κ2) is 16.5. The summed E-state index contributed by atoms with van der Waals surface area (Å²) in [7, 11) is 0. The second-order valence-electron chi connectivity index (χ2n) is 5.65. The molecule has 0 saturated carbocycles. The van der Waals surface area contributed by atoms with E-state index in [9.17, 15) is 10.2 Å². The minimum Gasteiger partial charge on any atom is -0.388 e. The quantitative estimate of drug-likeness (QED) is 0.476. The molecule has 29 heavy (non-hydrogen) atoms. The number of hydrogen-bond donors (Lipinski definition) is 2. The number of benzene rings is 3. The summed E-state index contributed by atoms with van der Waals surface area (Å²) >= 11 is 0. The van der Waals surface area contributed by atoms with Crippen LogP contribution >= 0.6 is 0 Å². The molecule has 3 aromatic carbocycles. The van der Waals surface area contributed by atoms with Gasteiger partial charge in [0.15, 0.2) is 0 Å². The Morgan fingerprint density at radius 2 is 0.655 bits per heavy atom. The molecule has 2 atom stereocenters. The molecule has 0 aliphatic heterocycles. The van der Waals surface area contributed by atoms with E-state index < -0.39 is 18.1 Å². The smallest absolute Gasteiger partial charge is 0.0886 e. The Labute approximate surface area is 177 Å². The molecule has 0 aliphatic carbocycles. The predicted molar refractivity (Wildman–Crippen MR) is 126 cm³/mol. The van der Waals surface area contributed by atoms with E-state index in [1.54, 1.807) is 0 Å². The topological polar surface area (TPSA) is 40.5 Å². The van der Waals surface area contributed by atoms with Crippen LogP contribution in [-0.4, -0.2) is 10.2 Å². The first-order valence-corrected chi connectivity index (χ1v) is 10.8. The summed E-state index contributed by atoms with van der Waals surface area (Å²) in [6.07, 6.45) is -1.57. The average molecular weight is 395 g/mol. The van der Waals surface area contributed by atoms with Crippen molar-refractivity contribution >= 4 is 0 Å². The minimum absolute atomic E-state index is 0.430. The van der Waals surface area contributed by atoms with Crippen molar-refractivity contribution < 1.29 is 10.2 Å². The molecule has 0 amide bonds. The number of aliphatic hydroxyl groups is 2. The minimum atomic E-state index is -0.784. The second-order valence-corrected chi connectivity index (χ2v) is 5.65. The summed E-state index contributed by atoms with van der Waals surface area (Å²) in [5.41, 5.74) is 2.52. The highest BCUT2D eigenvalue weighted by Gasteiger charge is 2.30. The molecule has 0 radical (unpaired) electrons. The molecule has 0 saturated heterocycles. The molecule has 3 rings (SSSR count). The van der Waals surface area contributed by atoms with Crippen LogP contribution in [0.4, 0.5) is 0 Å². The van der Waals surface area contributed by atoms with Gasteiger partial charge in [0.2, 0.25) is 0 Å². The van der Waals surface area contributed by atoms with E-state index in [1.807, 2.05) is 133 Å². The van der Waals surface area contributed by atoms with Crippen molar-refractivity contribution in [2.75, 3.05) is 0 Å². The van der Waals surface area contributed by atoms with Crippen molar-refractivity contribution in [2.24, 2.45) is 0 Å². The van der Waals surface area contributed by atoms with Gasteiger partial charge in [0.05, 0.1) is 12.2 Å². The van der Waals surface area contributed by atoms with Gasteiger partial charge >= 0.3 is 0 Å². The van der Waals surface area contributed by atoms with Gasteiger partial charge in [-0.25, -0.2) is 0 Å². The Balaban J connectivity index is 0.00000120. The molecular formula is C27H38O2. The predicted octanol–water partition coefficient (Wildman–Crippen LogP) is 7.32. The van der Waals surface area contributed by atoms with E-state index in [-0.39, 0.29) is 0 Å². The van der Waals surface area contributed by atoms with E-state index in [1.165, 1.54) is 0 Å². The molecule has 0 fully saturated rings. The van der Waals surface area contributed by atoms with Crippen molar-refractivity contribution in [1.29, 1.82) is 0 Å². The van der Waals surface area contributed by atoms with Crippen LogP contribution in [0.3, 0.4) is 0 Å². The van der Waals surface area contributed by atoms with Gasteiger partial charge in [-0.1, -0.05) is 133 Å². The first-order chi connectivity index (χ1) is 14.3. The lowest BCUT2D eigenvalue weighted by molar-refractivity contribution is 0.0513. The number of rotatable bonds is 5. The first-order valence-electron chi connectivity index (χ1n) is 10.8. The van der Waals surface area contributed by atoms with Crippen LogP contribution < -0.4 is 0 Å². The van der Waals surface area contributed by atoms with Gasteiger partial charge in [0.1, 0.15) is 0 Å². The molecule has 2 heteroatoms. The standard InChI is InChI=1S/C21H20O2.3C2H6/c22-20(17-12-6-2-7-13-17)19(16-10-4-1-5-11-16)21(23)18-14-8-3-9-15-18;3*1-2/h1-15,19-23H;3*1-2H3. The molecule has 0 aliphatic rings. The van der Waals surface area contributed by atoms with Crippen molar-refractivity contribution in [3.05, 3.63) is 108 Å². The third kappa shape index (κ3) is 8.23. The van der Waals surface area contributed by atoms with E-state index >= 15 is 0 Å². The van der Waals surface area contributed by atoms with Gasteiger partial charge in [-0.3, -0.25) is 0 Å². The molecule has 2 nitrogen and oxygen atoms in total. The zero-order valence-electron chi connectivity index (χ0n) is 18.8. The van der Waals surface area contributed by atoms with Crippen LogP contribution in [0.2, 0.25) is 0 Å². The summed E-state index contributed by atoms with van der Waals surface area (Å²) in [6, 6.07) is 28.7. The lowest BCUT2D eigenvalue weighted by Crippen LogP contribution is -2.19. The number of aliphatic hydroxyl groups excluding tert-OH is 2. The van der Waals surface area contributed by atoms with Crippen LogP contribution in [0.5, 0.6) is 0 Å². The fourth-order valence-corrected chi connectivity index (χ4v) is 2.93. The van der Waals surface area contributed by atoms with Crippen molar-refractivity contribution in [3.8, 4) is 0 Å². The molecule has 0 aromatic heterocycles. The van der Waals surface area contributed by atoms with Crippen LogP contribution in [0.25, 0.3) is 0 Å². The lowest BCUT2D eigenvalue weighted by atomic mass is 9.82. The Morgan fingerprint density at radius 3 is 0.931 bits per heavy atom. The van der Waals surface area contributed by atoms with E-state index in [2.05, 4.69) is 0 Å². The zero-order valence-corrected chi connectivity index (χ0v) is 18.8. The fraction of sp³-hybridized carbons (Fsp3) is 0.333. The molecular weight excluding hydrogens is 356 g/mol. The van der Waals surface area contributed by atoms with Crippen molar-refractivity contribution in [3.63, 3.8) is 0 Å². The van der Waals surface area contributed by atoms with E-state index in [0.717, 1.165) is 16.7 Å². The lowest BCUT2D eigenvalue weighted by Gasteiger charge is -2.29. The number of hydrogen-bond acceptors (Lipinski definition) is 2. The maximum atomic E-state index is 10.9. The zero-order chi connectivity index (χ0) is 22.1. The maximum Gasteiger partial charge on any atom is 0.0886 e.